The fourth-order valence-corrected chi connectivity index (χ4v) is 3.01. The fourth-order valence-electron chi connectivity index (χ4n) is 2.60. The highest BCUT2D eigenvalue weighted by molar-refractivity contribution is 9.10. The third-order valence-electron chi connectivity index (χ3n) is 3.99. The monoisotopic (exact) mass is 356 g/mol. The average Bonchev–Trinajstić information content (AvgIpc) is 2.43. The Morgan fingerprint density at radius 3 is 2.76 bits per heavy atom. The molecule has 5 heteroatoms. The lowest BCUT2D eigenvalue weighted by Gasteiger charge is -2.31. The summed E-state index contributed by atoms with van der Waals surface area (Å²) in [6.45, 7) is 4.68. The molecule has 1 aliphatic heterocycles. The van der Waals surface area contributed by atoms with Gasteiger partial charge in [-0.3, -0.25) is 9.69 Å². The molecule has 1 amide bonds. The van der Waals surface area contributed by atoms with Crippen molar-refractivity contribution < 1.29 is 9.18 Å². The lowest BCUT2D eigenvalue weighted by Crippen LogP contribution is -2.42. The molecule has 1 aliphatic rings. The van der Waals surface area contributed by atoms with Crippen molar-refractivity contribution in [2.45, 2.75) is 26.3 Å². The fraction of sp³-hybridized carbons (Fsp3) is 0.562. The molecule has 0 atom stereocenters. The van der Waals surface area contributed by atoms with Gasteiger partial charge in [0.05, 0.1) is 6.54 Å². The predicted molar refractivity (Wildman–Crippen MR) is 85.4 cm³/mol. The number of likely N-dealkylation sites (tertiary alicyclic amines) is 1. The van der Waals surface area contributed by atoms with E-state index in [0.717, 1.165) is 30.4 Å². The van der Waals surface area contributed by atoms with Crippen molar-refractivity contribution in [3.8, 4) is 0 Å². The lowest BCUT2D eigenvalue weighted by atomic mass is 9.99. The molecule has 0 saturated carbocycles. The lowest BCUT2D eigenvalue weighted by molar-refractivity contribution is -0.133. The van der Waals surface area contributed by atoms with E-state index in [4.69, 9.17) is 0 Å². The highest BCUT2D eigenvalue weighted by atomic mass is 79.9. The Bertz CT molecular complexity index is 501. The number of nitrogens with zero attached hydrogens (tertiary/aromatic N) is 2. The molecule has 1 aromatic rings. The van der Waals surface area contributed by atoms with E-state index in [9.17, 15) is 9.18 Å². The van der Waals surface area contributed by atoms with Crippen LogP contribution in [-0.4, -0.2) is 42.4 Å². The quantitative estimate of drug-likeness (QED) is 0.826. The maximum Gasteiger partial charge on any atom is 0.236 e. The smallest absolute Gasteiger partial charge is 0.236 e. The van der Waals surface area contributed by atoms with Gasteiger partial charge in [-0.1, -0.05) is 22.9 Å². The average molecular weight is 357 g/mol. The molecule has 1 fully saturated rings. The van der Waals surface area contributed by atoms with Gasteiger partial charge in [0.15, 0.2) is 0 Å². The van der Waals surface area contributed by atoms with Crippen LogP contribution in [0.2, 0.25) is 0 Å². The Morgan fingerprint density at radius 1 is 1.43 bits per heavy atom. The summed E-state index contributed by atoms with van der Waals surface area (Å²) in [4.78, 5) is 16.0. The van der Waals surface area contributed by atoms with Crippen LogP contribution in [0.1, 0.15) is 25.3 Å². The van der Waals surface area contributed by atoms with Crippen LogP contribution >= 0.6 is 15.9 Å². The minimum absolute atomic E-state index is 0.139. The molecule has 116 valence electrons. The third kappa shape index (κ3) is 4.78. The summed E-state index contributed by atoms with van der Waals surface area (Å²) in [6.07, 6.45) is 2.16. The first-order valence-electron chi connectivity index (χ1n) is 7.36. The van der Waals surface area contributed by atoms with Gasteiger partial charge in [0.2, 0.25) is 5.91 Å². The van der Waals surface area contributed by atoms with Crippen LogP contribution in [0.5, 0.6) is 0 Å². The summed E-state index contributed by atoms with van der Waals surface area (Å²) in [5.74, 6) is 0.617. The first kappa shape index (κ1) is 16.4. The van der Waals surface area contributed by atoms with Gasteiger partial charge in [0, 0.05) is 29.7 Å². The molecule has 2 rings (SSSR count). The van der Waals surface area contributed by atoms with E-state index >= 15 is 0 Å². The van der Waals surface area contributed by atoms with Crippen molar-refractivity contribution in [1.29, 1.82) is 0 Å². The molecule has 21 heavy (non-hydrogen) atoms. The zero-order valence-corrected chi connectivity index (χ0v) is 14.2. The second-order valence-corrected chi connectivity index (χ2v) is 6.89. The standard InChI is InChI=1S/C16H22BrFN2O/c1-12-5-7-20(8-6-12)16(21)11-19(2)10-13-9-14(17)3-4-15(13)18/h3-4,9,12H,5-8,10-11H2,1-2H3. The number of rotatable bonds is 4. The molecular weight excluding hydrogens is 335 g/mol. The largest absolute Gasteiger partial charge is 0.342 e. The molecule has 0 N–H and O–H groups in total. The molecule has 0 spiro atoms. The van der Waals surface area contributed by atoms with Crippen LogP contribution in [0.4, 0.5) is 4.39 Å². The van der Waals surface area contributed by atoms with Gasteiger partial charge in [0.25, 0.3) is 0 Å². The van der Waals surface area contributed by atoms with Crippen molar-refractivity contribution >= 4 is 21.8 Å². The van der Waals surface area contributed by atoms with Crippen LogP contribution in [-0.2, 0) is 11.3 Å². The number of hydrogen-bond donors (Lipinski definition) is 0. The predicted octanol–water partition coefficient (Wildman–Crippen LogP) is 3.28. The van der Waals surface area contributed by atoms with Crippen molar-refractivity contribution in [2.24, 2.45) is 5.92 Å². The number of halogens is 2. The molecule has 0 unspecified atom stereocenters. The van der Waals surface area contributed by atoms with Crippen molar-refractivity contribution in [1.82, 2.24) is 9.80 Å². The Morgan fingerprint density at radius 2 is 2.10 bits per heavy atom. The van der Waals surface area contributed by atoms with Crippen LogP contribution in [0, 0.1) is 11.7 Å². The highest BCUT2D eigenvalue weighted by Gasteiger charge is 2.21. The summed E-state index contributed by atoms with van der Waals surface area (Å²) >= 11 is 3.34. The molecule has 1 aromatic carbocycles. The maximum absolute atomic E-state index is 13.7. The van der Waals surface area contributed by atoms with E-state index in [2.05, 4.69) is 22.9 Å². The maximum atomic E-state index is 13.7. The van der Waals surface area contributed by atoms with E-state index in [1.165, 1.54) is 6.07 Å². The number of piperidine rings is 1. The normalized spacial score (nSPS) is 16.5. The zero-order valence-electron chi connectivity index (χ0n) is 12.6. The first-order chi connectivity index (χ1) is 9.95. The van der Waals surface area contributed by atoms with E-state index in [0.29, 0.717) is 24.6 Å². The molecule has 0 aromatic heterocycles. The molecule has 1 heterocycles. The van der Waals surface area contributed by atoms with E-state index in [-0.39, 0.29) is 11.7 Å². The summed E-state index contributed by atoms with van der Waals surface area (Å²) in [6, 6.07) is 4.89. The number of benzene rings is 1. The number of hydrogen-bond acceptors (Lipinski definition) is 2. The van der Waals surface area contributed by atoms with Crippen molar-refractivity contribution in [3.05, 3.63) is 34.1 Å². The van der Waals surface area contributed by atoms with Crippen LogP contribution in [0.3, 0.4) is 0 Å². The minimum atomic E-state index is -0.232. The van der Waals surface area contributed by atoms with Gasteiger partial charge in [-0.05, 0) is 44.0 Å². The van der Waals surface area contributed by atoms with Crippen molar-refractivity contribution in [3.63, 3.8) is 0 Å². The molecule has 0 radical (unpaired) electrons. The summed E-state index contributed by atoms with van der Waals surface area (Å²) in [7, 11) is 1.85. The Hall–Kier alpha value is -0.940. The van der Waals surface area contributed by atoms with E-state index in [1.807, 2.05) is 16.8 Å². The Kier molecular flexibility index (Phi) is 5.76. The van der Waals surface area contributed by atoms with Gasteiger partial charge in [-0.25, -0.2) is 4.39 Å². The van der Waals surface area contributed by atoms with E-state index in [1.54, 1.807) is 12.1 Å². The summed E-state index contributed by atoms with van der Waals surface area (Å²) in [5.41, 5.74) is 0.604. The number of amides is 1. The van der Waals surface area contributed by atoms with Crippen LogP contribution in [0.15, 0.2) is 22.7 Å². The Labute approximate surface area is 134 Å². The van der Waals surface area contributed by atoms with Crippen molar-refractivity contribution in [2.75, 3.05) is 26.7 Å². The SMILES string of the molecule is CC1CCN(C(=O)CN(C)Cc2cc(Br)ccc2F)CC1. The second-order valence-electron chi connectivity index (χ2n) is 5.97. The molecular formula is C16H22BrFN2O. The van der Waals surface area contributed by atoms with Gasteiger partial charge in [-0.2, -0.15) is 0 Å². The topological polar surface area (TPSA) is 23.6 Å². The number of carbonyl (C=O) groups is 1. The Balaban J connectivity index is 1.87. The van der Waals surface area contributed by atoms with Crippen LogP contribution in [0.25, 0.3) is 0 Å². The summed E-state index contributed by atoms with van der Waals surface area (Å²) < 4.78 is 14.6. The van der Waals surface area contributed by atoms with Gasteiger partial charge in [0.1, 0.15) is 5.82 Å². The zero-order chi connectivity index (χ0) is 15.4. The third-order valence-corrected chi connectivity index (χ3v) is 4.48. The van der Waals surface area contributed by atoms with Gasteiger partial charge >= 0.3 is 0 Å². The van der Waals surface area contributed by atoms with Crippen LogP contribution < -0.4 is 0 Å². The summed E-state index contributed by atoms with van der Waals surface area (Å²) in [5, 5.41) is 0. The van der Waals surface area contributed by atoms with E-state index < -0.39 is 0 Å². The molecule has 0 aliphatic carbocycles. The number of carbonyl (C=O) groups excluding carboxylic acids is 1. The second kappa shape index (κ2) is 7.36. The van der Waals surface area contributed by atoms with Gasteiger partial charge < -0.3 is 4.90 Å². The molecule has 3 nitrogen and oxygen atoms in total. The highest BCUT2D eigenvalue weighted by Crippen LogP contribution is 2.18. The first-order valence-corrected chi connectivity index (χ1v) is 8.15. The minimum Gasteiger partial charge on any atom is -0.342 e. The van der Waals surface area contributed by atoms with Gasteiger partial charge in [-0.15, -0.1) is 0 Å². The molecule has 0 bridgehead atoms. The molecule has 1 saturated heterocycles. The number of likely N-dealkylation sites (N-methyl/N-ethyl adjacent to an activating group) is 1.